The van der Waals surface area contributed by atoms with Crippen LogP contribution in [0.2, 0.25) is 0 Å². The number of aromatic nitrogens is 4. The van der Waals surface area contributed by atoms with Gasteiger partial charge in [-0.2, -0.15) is 0 Å². The predicted molar refractivity (Wildman–Crippen MR) is 111 cm³/mol. The highest BCUT2D eigenvalue weighted by atomic mass is 31.2. The van der Waals surface area contributed by atoms with E-state index in [9.17, 15) is 14.8 Å². The Labute approximate surface area is 186 Å². The van der Waals surface area contributed by atoms with Crippen molar-refractivity contribution < 1.29 is 43.3 Å². The number of imidazole rings is 1. The van der Waals surface area contributed by atoms with Crippen LogP contribution in [0.3, 0.4) is 0 Å². The number of ether oxygens (including phenoxy) is 3. The van der Waals surface area contributed by atoms with Gasteiger partial charge in [0.05, 0.1) is 20.0 Å². The van der Waals surface area contributed by atoms with Crippen molar-refractivity contribution in [1.82, 2.24) is 19.9 Å². The summed E-state index contributed by atoms with van der Waals surface area (Å²) in [7, 11) is -3.34. The fraction of sp³-hybridized carbons (Fsp3) is 0.389. The van der Waals surface area contributed by atoms with Crippen LogP contribution >= 0.6 is 7.82 Å². The number of benzene rings is 1. The number of fused-ring (bicyclic) bond motifs is 1. The summed E-state index contributed by atoms with van der Waals surface area (Å²) in [6.07, 6.45) is -2.69. The van der Waals surface area contributed by atoms with Crippen LogP contribution in [0.5, 0.6) is 11.5 Å². The van der Waals surface area contributed by atoms with Crippen molar-refractivity contribution in [3.8, 4) is 11.5 Å². The van der Waals surface area contributed by atoms with Gasteiger partial charge in [0.1, 0.15) is 30.2 Å². The molecular weight excluding hydrogens is 461 g/mol. The first-order chi connectivity index (χ1) is 15.8. The zero-order chi connectivity index (χ0) is 23.6. The molecule has 0 aliphatic carbocycles. The van der Waals surface area contributed by atoms with Crippen molar-refractivity contribution in [2.45, 2.75) is 31.1 Å². The Hall–Kier alpha value is -2.84. The molecule has 15 heteroatoms. The van der Waals surface area contributed by atoms with Crippen LogP contribution in [-0.2, 0) is 20.4 Å². The van der Waals surface area contributed by atoms with Gasteiger partial charge in [-0.1, -0.05) is 12.1 Å². The Balaban J connectivity index is 1.51. The maximum atomic E-state index is 10.9. The number of H-pyrrole nitrogens is 1. The highest BCUT2D eigenvalue weighted by Gasteiger charge is 2.45. The van der Waals surface area contributed by atoms with Crippen LogP contribution in [0.1, 0.15) is 5.56 Å². The fourth-order valence-electron chi connectivity index (χ4n) is 3.31. The van der Waals surface area contributed by atoms with Crippen LogP contribution < -0.4 is 14.8 Å². The first-order valence-corrected chi connectivity index (χ1v) is 11.2. The van der Waals surface area contributed by atoms with E-state index in [0.717, 1.165) is 0 Å². The second kappa shape index (κ2) is 9.57. The monoisotopic (exact) mass is 483 g/mol. The molecule has 1 fully saturated rings. The van der Waals surface area contributed by atoms with E-state index in [1.165, 1.54) is 19.8 Å². The number of para-hydroxylation sites is 1. The van der Waals surface area contributed by atoms with E-state index < -0.39 is 39.0 Å². The fourth-order valence-corrected chi connectivity index (χ4v) is 3.65. The van der Waals surface area contributed by atoms with Gasteiger partial charge < -0.3 is 44.5 Å². The van der Waals surface area contributed by atoms with Crippen molar-refractivity contribution in [3.05, 3.63) is 36.4 Å². The number of hydrogen-bond donors (Lipinski definition) is 6. The summed E-state index contributed by atoms with van der Waals surface area (Å²) in [6.45, 7) is -0.412. The highest BCUT2D eigenvalue weighted by Crippen LogP contribution is 2.38. The van der Waals surface area contributed by atoms with Crippen LogP contribution in [0, 0.1) is 0 Å². The average molecular weight is 483 g/mol. The quantitative estimate of drug-likeness (QED) is 0.221. The number of aliphatic hydroxyl groups is 2. The van der Waals surface area contributed by atoms with E-state index in [1.807, 2.05) is 0 Å². The summed E-state index contributed by atoms with van der Waals surface area (Å²) >= 11 is 0. The average Bonchev–Trinajstić information content (AvgIpc) is 3.37. The second-order valence-corrected chi connectivity index (χ2v) is 8.29. The first-order valence-electron chi connectivity index (χ1n) is 9.69. The molecule has 1 aliphatic heterocycles. The summed E-state index contributed by atoms with van der Waals surface area (Å²) in [5, 5.41) is 23.7. The molecule has 1 unspecified atom stereocenters. The van der Waals surface area contributed by atoms with E-state index in [4.69, 9.17) is 24.0 Å². The van der Waals surface area contributed by atoms with Crippen molar-refractivity contribution in [3.63, 3.8) is 0 Å². The van der Waals surface area contributed by atoms with E-state index in [0.29, 0.717) is 28.3 Å². The van der Waals surface area contributed by atoms with Crippen LogP contribution in [0.25, 0.3) is 11.2 Å². The molecule has 0 radical (unpaired) electrons. The molecule has 4 rings (SSSR count). The molecule has 33 heavy (non-hydrogen) atoms. The molecule has 0 amide bonds. The summed E-state index contributed by atoms with van der Waals surface area (Å²) in [4.78, 5) is 33.0. The lowest BCUT2D eigenvalue weighted by Crippen LogP contribution is -2.36. The Morgan fingerprint density at radius 3 is 2.79 bits per heavy atom. The third-order valence-electron chi connectivity index (χ3n) is 4.91. The van der Waals surface area contributed by atoms with E-state index in [1.54, 1.807) is 18.2 Å². The van der Waals surface area contributed by atoms with Gasteiger partial charge in [0, 0.05) is 12.1 Å². The molecule has 0 spiro atoms. The number of nitrogens with one attached hydrogen (secondary N) is 2. The minimum Gasteiger partial charge on any atom is -0.493 e. The largest absolute Gasteiger partial charge is 0.493 e. The second-order valence-electron chi connectivity index (χ2n) is 7.05. The summed E-state index contributed by atoms with van der Waals surface area (Å²) in [5.74, 6) is 1.08. The molecule has 0 saturated carbocycles. The number of phosphoric acid groups is 1. The number of methoxy groups -OCH3 is 1. The standard InChI is InChI=1S/C18H22N5O9P/c1-29-10-4-2-3-9(5-19-16-12-17(21-7-20-12)23-8-22-16)15(10)32-18-14(25)13(24)11(31-18)6-30-33(26,27)28/h2-4,7-8,11,13-14,18,24-25H,5-6H2,1H3,(H2,26,27,28)(H2,19,20,21,22,23)/t11-,13-,14-,18?/m1/s1. The number of aromatic amines is 1. The number of anilines is 1. The van der Waals surface area contributed by atoms with Gasteiger partial charge >= 0.3 is 7.82 Å². The predicted octanol–water partition coefficient (Wildman–Crippen LogP) is -0.0916. The molecule has 3 heterocycles. The van der Waals surface area contributed by atoms with E-state index in [2.05, 4.69) is 29.8 Å². The molecule has 178 valence electrons. The summed E-state index contributed by atoms with van der Waals surface area (Å²) in [5.41, 5.74) is 1.73. The normalized spacial score (nSPS) is 23.1. The molecule has 6 N–H and O–H groups in total. The molecule has 0 bridgehead atoms. The van der Waals surface area contributed by atoms with Crippen molar-refractivity contribution in [2.24, 2.45) is 0 Å². The number of aliphatic hydroxyl groups excluding tert-OH is 2. The van der Waals surface area contributed by atoms with Crippen molar-refractivity contribution in [1.29, 1.82) is 0 Å². The lowest BCUT2D eigenvalue weighted by Gasteiger charge is -2.21. The first kappa shape index (κ1) is 23.3. The minimum atomic E-state index is -4.78. The van der Waals surface area contributed by atoms with Crippen LogP contribution in [0.4, 0.5) is 5.82 Å². The topological polar surface area (TPSA) is 201 Å². The van der Waals surface area contributed by atoms with Gasteiger partial charge in [0.25, 0.3) is 0 Å². The molecule has 1 aliphatic rings. The van der Waals surface area contributed by atoms with Gasteiger partial charge in [-0.3, -0.25) is 4.52 Å². The Kier molecular flexibility index (Phi) is 6.76. The number of nitrogens with zero attached hydrogens (tertiary/aromatic N) is 3. The molecule has 2 aromatic heterocycles. The number of hydrogen-bond acceptors (Lipinski definition) is 11. The van der Waals surface area contributed by atoms with Crippen molar-refractivity contribution >= 4 is 24.8 Å². The Morgan fingerprint density at radius 1 is 1.21 bits per heavy atom. The lowest BCUT2D eigenvalue weighted by molar-refractivity contribution is -0.116. The van der Waals surface area contributed by atoms with Crippen LogP contribution in [0.15, 0.2) is 30.9 Å². The summed E-state index contributed by atoms with van der Waals surface area (Å²) < 4.78 is 32.0. The molecule has 4 atom stereocenters. The van der Waals surface area contributed by atoms with Gasteiger partial charge in [0.15, 0.2) is 23.0 Å². The van der Waals surface area contributed by atoms with Gasteiger partial charge in [-0.15, -0.1) is 0 Å². The van der Waals surface area contributed by atoms with E-state index in [-0.39, 0.29) is 12.3 Å². The van der Waals surface area contributed by atoms with Gasteiger partial charge in [0.2, 0.25) is 6.29 Å². The zero-order valence-corrected chi connectivity index (χ0v) is 18.1. The molecule has 1 saturated heterocycles. The molecule has 14 nitrogen and oxygen atoms in total. The highest BCUT2D eigenvalue weighted by molar-refractivity contribution is 7.46. The van der Waals surface area contributed by atoms with Crippen molar-refractivity contribution in [2.75, 3.05) is 19.0 Å². The minimum absolute atomic E-state index is 0.230. The molecule has 1 aromatic carbocycles. The number of rotatable bonds is 9. The number of phosphoric ester groups is 1. The smallest absolute Gasteiger partial charge is 0.469 e. The van der Waals surface area contributed by atoms with Gasteiger partial charge in [-0.25, -0.2) is 19.5 Å². The van der Waals surface area contributed by atoms with E-state index >= 15 is 0 Å². The molecule has 3 aromatic rings. The third-order valence-corrected chi connectivity index (χ3v) is 5.39. The lowest BCUT2D eigenvalue weighted by atomic mass is 10.1. The van der Waals surface area contributed by atoms with Crippen LogP contribution in [-0.4, -0.2) is 78.3 Å². The maximum Gasteiger partial charge on any atom is 0.469 e. The third kappa shape index (κ3) is 5.23. The Morgan fingerprint density at radius 2 is 2.03 bits per heavy atom. The SMILES string of the molecule is COc1cccc(CNc2ncnc3nc[nH]c23)c1OC1O[C@H](COP(=O)(O)O)[C@@H](O)[C@H]1O. The summed E-state index contributed by atoms with van der Waals surface area (Å²) in [6, 6.07) is 5.14. The Bertz CT molecular complexity index is 1160. The van der Waals surface area contributed by atoms with Gasteiger partial charge in [-0.05, 0) is 6.07 Å². The zero-order valence-electron chi connectivity index (χ0n) is 17.2. The maximum absolute atomic E-state index is 10.9. The molecular formula is C18H22N5O9P.